The maximum atomic E-state index is 13.2. The highest BCUT2D eigenvalue weighted by atomic mass is 19.3. The molecule has 1 N–H and O–H groups in total. The van der Waals surface area contributed by atoms with Crippen LogP contribution in [0.5, 0.6) is 0 Å². The molecule has 0 spiro atoms. The van der Waals surface area contributed by atoms with E-state index in [1.165, 1.54) is 0 Å². The van der Waals surface area contributed by atoms with Crippen molar-refractivity contribution in [2.24, 2.45) is 11.3 Å². The zero-order valence-corrected chi connectivity index (χ0v) is 11.5. The van der Waals surface area contributed by atoms with Crippen molar-refractivity contribution < 1.29 is 8.78 Å². The van der Waals surface area contributed by atoms with Crippen molar-refractivity contribution >= 4 is 0 Å². The predicted molar refractivity (Wildman–Crippen MR) is 68.5 cm³/mol. The van der Waals surface area contributed by atoms with Crippen LogP contribution >= 0.6 is 0 Å². The van der Waals surface area contributed by atoms with Gasteiger partial charge in [-0.2, -0.15) is 0 Å². The van der Waals surface area contributed by atoms with Gasteiger partial charge >= 0.3 is 0 Å². The summed E-state index contributed by atoms with van der Waals surface area (Å²) in [6.07, 6.45) is 4.12. The standard InChI is InChI=1S/C14H27F2N/c1-4-7-13(3,11-17-5-2)9-12-6-8-14(15,16)10-12/h12,17H,4-11H2,1-3H3. The molecule has 1 fully saturated rings. The second kappa shape index (κ2) is 6.12. The van der Waals surface area contributed by atoms with Gasteiger partial charge in [0.1, 0.15) is 0 Å². The Morgan fingerprint density at radius 2 is 2.06 bits per heavy atom. The quantitative estimate of drug-likeness (QED) is 0.710. The molecule has 0 amide bonds. The second-order valence-electron chi connectivity index (χ2n) is 6.01. The zero-order valence-electron chi connectivity index (χ0n) is 11.5. The minimum atomic E-state index is -2.39. The molecule has 0 aromatic carbocycles. The molecule has 0 bridgehead atoms. The molecule has 0 aliphatic heterocycles. The van der Waals surface area contributed by atoms with Crippen molar-refractivity contribution in [3.63, 3.8) is 0 Å². The summed E-state index contributed by atoms with van der Waals surface area (Å²) in [7, 11) is 0. The van der Waals surface area contributed by atoms with Crippen LogP contribution in [0.4, 0.5) is 8.78 Å². The van der Waals surface area contributed by atoms with E-state index in [1.807, 2.05) is 0 Å². The predicted octanol–water partition coefficient (Wildman–Crippen LogP) is 4.23. The average molecular weight is 247 g/mol. The van der Waals surface area contributed by atoms with Gasteiger partial charge in [-0.1, -0.05) is 27.2 Å². The van der Waals surface area contributed by atoms with Gasteiger partial charge in [0.25, 0.3) is 0 Å². The highest BCUT2D eigenvalue weighted by molar-refractivity contribution is 4.87. The van der Waals surface area contributed by atoms with Gasteiger partial charge in [0.15, 0.2) is 0 Å². The van der Waals surface area contributed by atoms with E-state index in [-0.39, 0.29) is 24.2 Å². The fourth-order valence-corrected chi connectivity index (χ4v) is 3.21. The van der Waals surface area contributed by atoms with Crippen LogP contribution < -0.4 is 5.32 Å². The molecular weight excluding hydrogens is 220 g/mol. The van der Waals surface area contributed by atoms with Crippen LogP contribution in [0.25, 0.3) is 0 Å². The maximum Gasteiger partial charge on any atom is 0.248 e. The van der Waals surface area contributed by atoms with Gasteiger partial charge in [0, 0.05) is 19.4 Å². The molecule has 1 nitrogen and oxygen atoms in total. The minimum Gasteiger partial charge on any atom is -0.316 e. The maximum absolute atomic E-state index is 13.2. The average Bonchev–Trinajstić information content (AvgIpc) is 2.55. The number of hydrogen-bond donors (Lipinski definition) is 1. The molecule has 1 aliphatic rings. The lowest BCUT2D eigenvalue weighted by Crippen LogP contribution is -2.33. The molecule has 2 atom stereocenters. The van der Waals surface area contributed by atoms with Gasteiger partial charge in [-0.05, 0) is 37.1 Å². The molecule has 3 heteroatoms. The molecule has 0 heterocycles. The van der Waals surface area contributed by atoms with Gasteiger partial charge in [0.2, 0.25) is 5.92 Å². The molecule has 1 aliphatic carbocycles. The molecule has 0 aromatic heterocycles. The summed E-state index contributed by atoms with van der Waals surface area (Å²) in [5.41, 5.74) is 0.190. The highest BCUT2D eigenvalue weighted by Crippen LogP contribution is 2.44. The lowest BCUT2D eigenvalue weighted by Gasteiger charge is -2.32. The van der Waals surface area contributed by atoms with Crippen molar-refractivity contribution in [3.05, 3.63) is 0 Å². The molecule has 17 heavy (non-hydrogen) atoms. The van der Waals surface area contributed by atoms with E-state index in [4.69, 9.17) is 0 Å². The Bertz CT molecular complexity index is 230. The van der Waals surface area contributed by atoms with Crippen molar-refractivity contribution in [2.45, 2.75) is 65.2 Å². The van der Waals surface area contributed by atoms with Crippen LogP contribution in [-0.2, 0) is 0 Å². The Labute approximate surface area is 104 Å². The smallest absolute Gasteiger partial charge is 0.248 e. The summed E-state index contributed by atoms with van der Waals surface area (Å²) >= 11 is 0. The Morgan fingerprint density at radius 3 is 2.53 bits per heavy atom. The van der Waals surface area contributed by atoms with E-state index >= 15 is 0 Å². The van der Waals surface area contributed by atoms with E-state index in [0.29, 0.717) is 6.42 Å². The summed E-state index contributed by atoms with van der Waals surface area (Å²) < 4.78 is 26.4. The van der Waals surface area contributed by atoms with Gasteiger partial charge in [-0.15, -0.1) is 0 Å². The second-order valence-corrected chi connectivity index (χ2v) is 6.01. The summed E-state index contributed by atoms with van der Waals surface area (Å²) in [5.74, 6) is -2.17. The third-order valence-corrected chi connectivity index (χ3v) is 3.94. The highest BCUT2D eigenvalue weighted by Gasteiger charge is 2.41. The van der Waals surface area contributed by atoms with E-state index < -0.39 is 5.92 Å². The minimum absolute atomic E-state index is 0.0983. The number of alkyl halides is 2. The van der Waals surface area contributed by atoms with Crippen molar-refractivity contribution in [1.82, 2.24) is 5.32 Å². The van der Waals surface area contributed by atoms with Crippen LogP contribution in [0.15, 0.2) is 0 Å². The Morgan fingerprint density at radius 1 is 1.35 bits per heavy atom. The SMILES string of the molecule is CCCC(C)(CNCC)CC1CCC(F)(F)C1. The molecule has 1 rings (SSSR count). The largest absolute Gasteiger partial charge is 0.316 e. The monoisotopic (exact) mass is 247 g/mol. The fraction of sp³-hybridized carbons (Fsp3) is 1.00. The van der Waals surface area contributed by atoms with Crippen molar-refractivity contribution in [3.8, 4) is 0 Å². The fourth-order valence-electron chi connectivity index (χ4n) is 3.21. The van der Waals surface area contributed by atoms with Crippen LogP contribution in [0.3, 0.4) is 0 Å². The summed E-state index contributed by atoms with van der Waals surface area (Å²) in [6, 6.07) is 0. The first-order valence-corrected chi connectivity index (χ1v) is 6.99. The third-order valence-electron chi connectivity index (χ3n) is 3.94. The number of hydrogen-bond acceptors (Lipinski definition) is 1. The van der Waals surface area contributed by atoms with Crippen molar-refractivity contribution in [2.75, 3.05) is 13.1 Å². The molecule has 0 radical (unpaired) electrons. The zero-order chi connectivity index (χ0) is 12.9. The lowest BCUT2D eigenvalue weighted by molar-refractivity contribution is 0.00273. The summed E-state index contributed by atoms with van der Waals surface area (Å²) in [6.45, 7) is 8.43. The van der Waals surface area contributed by atoms with E-state index in [2.05, 4.69) is 26.1 Å². The van der Waals surface area contributed by atoms with Crippen molar-refractivity contribution in [1.29, 1.82) is 0 Å². The van der Waals surface area contributed by atoms with Crippen LogP contribution in [0.2, 0.25) is 0 Å². The first-order valence-electron chi connectivity index (χ1n) is 6.99. The first kappa shape index (κ1) is 14.9. The topological polar surface area (TPSA) is 12.0 Å². The molecule has 1 saturated carbocycles. The first-order chi connectivity index (χ1) is 7.91. The molecule has 102 valence electrons. The van der Waals surface area contributed by atoms with Crippen LogP contribution in [0.1, 0.15) is 59.3 Å². The normalized spacial score (nSPS) is 27.0. The lowest BCUT2D eigenvalue weighted by atomic mass is 9.77. The Hall–Kier alpha value is -0.180. The Balaban J connectivity index is 2.48. The Kier molecular flexibility index (Phi) is 5.36. The molecule has 0 aromatic rings. The number of halogens is 2. The summed E-state index contributed by atoms with van der Waals surface area (Å²) in [4.78, 5) is 0. The number of nitrogens with one attached hydrogen (secondary N) is 1. The van der Waals surface area contributed by atoms with Gasteiger partial charge < -0.3 is 5.32 Å². The number of rotatable bonds is 7. The third kappa shape index (κ3) is 4.90. The van der Waals surface area contributed by atoms with E-state index in [0.717, 1.165) is 32.4 Å². The van der Waals surface area contributed by atoms with Gasteiger partial charge in [-0.25, -0.2) is 8.78 Å². The van der Waals surface area contributed by atoms with E-state index in [1.54, 1.807) is 0 Å². The van der Waals surface area contributed by atoms with Crippen LogP contribution in [0, 0.1) is 11.3 Å². The summed E-state index contributed by atoms with van der Waals surface area (Å²) in [5, 5.41) is 3.38. The van der Waals surface area contributed by atoms with Gasteiger partial charge in [0.05, 0.1) is 0 Å². The molecule has 2 unspecified atom stereocenters. The van der Waals surface area contributed by atoms with E-state index in [9.17, 15) is 8.78 Å². The molecule has 0 saturated heterocycles. The van der Waals surface area contributed by atoms with Gasteiger partial charge in [-0.3, -0.25) is 0 Å². The van der Waals surface area contributed by atoms with Crippen LogP contribution in [-0.4, -0.2) is 19.0 Å². The molecular formula is C14H27F2N.